The monoisotopic (exact) mass is 341 g/mol. The van der Waals surface area contributed by atoms with Gasteiger partial charge in [-0.1, -0.05) is 30.7 Å². The van der Waals surface area contributed by atoms with Gasteiger partial charge in [0, 0.05) is 0 Å². The summed E-state index contributed by atoms with van der Waals surface area (Å²) in [4.78, 5) is 22.9. The number of carboxylic acids is 1. The molecule has 126 valence electrons. The lowest BCUT2D eigenvalue weighted by Gasteiger charge is -2.20. The van der Waals surface area contributed by atoms with Gasteiger partial charge in [0.25, 0.3) is 0 Å². The van der Waals surface area contributed by atoms with E-state index in [0.29, 0.717) is 36.6 Å². The van der Waals surface area contributed by atoms with Crippen LogP contribution in [-0.2, 0) is 14.3 Å². The van der Waals surface area contributed by atoms with E-state index in [1.165, 1.54) is 0 Å². The Balaban J connectivity index is 1.82. The molecule has 1 heterocycles. The minimum Gasteiger partial charge on any atom is -0.487 e. The first-order valence-corrected chi connectivity index (χ1v) is 7.96. The van der Waals surface area contributed by atoms with Crippen molar-refractivity contribution in [3.05, 3.63) is 29.3 Å². The Kier molecular flexibility index (Phi) is 6.24. The van der Waals surface area contributed by atoms with Gasteiger partial charge in [-0.3, -0.25) is 4.79 Å². The first kappa shape index (κ1) is 17.6. The van der Waals surface area contributed by atoms with E-state index in [1.54, 1.807) is 12.1 Å². The van der Waals surface area contributed by atoms with Gasteiger partial charge < -0.3 is 19.9 Å². The highest BCUT2D eigenvalue weighted by Gasteiger charge is 2.34. The number of benzene rings is 1. The van der Waals surface area contributed by atoms with Crippen LogP contribution >= 0.6 is 11.6 Å². The smallest absolute Gasteiger partial charge is 0.332 e. The molecule has 1 aromatic carbocycles. The van der Waals surface area contributed by atoms with Gasteiger partial charge in [0.2, 0.25) is 5.91 Å². The third kappa shape index (κ3) is 4.84. The summed E-state index contributed by atoms with van der Waals surface area (Å²) in [5.74, 6) is -0.776. The Bertz CT molecular complexity index is 565. The van der Waals surface area contributed by atoms with E-state index >= 15 is 0 Å². The molecule has 1 aromatic rings. The maximum Gasteiger partial charge on any atom is 0.332 e. The van der Waals surface area contributed by atoms with Crippen molar-refractivity contribution in [2.45, 2.75) is 44.5 Å². The second kappa shape index (κ2) is 8.17. The van der Waals surface area contributed by atoms with Gasteiger partial charge in [-0.2, -0.15) is 0 Å². The number of para-hydroxylation sites is 1. The van der Waals surface area contributed by atoms with Crippen LogP contribution in [0.25, 0.3) is 0 Å². The van der Waals surface area contributed by atoms with Crippen molar-refractivity contribution in [2.24, 2.45) is 0 Å². The SMILES string of the molecule is CCC(CNC(=O)[C@@H]1CC[C@H](C(=O)O)O1)Oc1ccccc1Cl. The second-order valence-corrected chi connectivity index (χ2v) is 5.76. The van der Waals surface area contributed by atoms with Crippen LogP contribution in [0.15, 0.2) is 24.3 Å². The standard InChI is InChI=1S/C16H20ClNO5/c1-2-10(22-12-6-4-3-5-11(12)17)9-18-15(19)13-7-8-14(23-13)16(20)21/h3-6,10,13-14H,2,7-9H2,1H3,(H,18,19)(H,20,21)/t10?,13-,14+/m0/s1. The highest BCUT2D eigenvalue weighted by Crippen LogP contribution is 2.25. The fraction of sp³-hybridized carbons (Fsp3) is 0.500. The lowest BCUT2D eigenvalue weighted by atomic mass is 10.2. The number of amides is 1. The molecule has 0 bridgehead atoms. The Morgan fingerprint density at radius 1 is 1.39 bits per heavy atom. The number of rotatable bonds is 7. The number of carbonyl (C=O) groups excluding carboxylic acids is 1. The average molecular weight is 342 g/mol. The Labute approximate surface area is 139 Å². The molecule has 1 amide bonds. The number of ether oxygens (including phenoxy) is 2. The second-order valence-electron chi connectivity index (χ2n) is 5.35. The topological polar surface area (TPSA) is 84.9 Å². The zero-order chi connectivity index (χ0) is 16.8. The Morgan fingerprint density at radius 3 is 2.70 bits per heavy atom. The van der Waals surface area contributed by atoms with Crippen LogP contribution in [0.3, 0.4) is 0 Å². The first-order chi connectivity index (χ1) is 11.0. The van der Waals surface area contributed by atoms with E-state index in [9.17, 15) is 9.59 Å². The number of hydrogen-bond donors (Lipinski definition) is 2. The molecule has 6 nitrogen and oxygen atoms in total. The lowest BCUT2D eigenvalue weighted by Crippen LogP contribution is -2.41. The molecule has 2 N–H and O–H groups in total. The number of hydrogen-bond acceptors (Lipinski definition) is 4. The summed E-state index contributed by atoms with van der Waals surface area (Å²) in [6, 6.07) is 7.14. The number of halogens is 1. The van der Waals surface area contributed by atoms with Crippen molar-refractivity contribution >= 4 is 23.5 Å². The highest BCUT2D eigenvalue weighted by molar-refractivity contribution is 6.32. The summed E-state index contributed by atoms with van der Waals surface area (Å²) in [6.45, 7) is 2.25. The number of carbonyl (C=O) groups is 2. The van der Waals surface area contributed by atoms with Crippen molar-refractivity contribution in [3.8, 4) is 5.75 Å². The maximum atomic E-state index is 12.0. The van der Waals surface area contributed by atoms with Crippen molar-refractivity contribution in [1.29, 1.82) is 0 Å². The molecular weight excluding hydrogens is 322 g/mol. The average Bonchev–Trinajstić information content (AvgIpc) is 3.03. The van der Waals surface area contributed by atoms with Gasteiger partial charge >= 0.3 is 5.97 Å². The predicted molar refractivity (Wildman–Crippen MR) is 84.7 cm³/mol. The summed E-state index contributed by atoms with van der Waals surface area (Å²) >= 11 is 6.05. The summed E-state index contributed by atoms with van der Waals surface area (Å²) < 4.78 is 11.0. The van der Waals surface area contributed by atoms with Gasteiger partial charge in [0.15, 0.2) is 6.10 Å². The molecule has 7 heteroatoms. The van der Waals surface area contributed by atoms with Crippen molar-refractivity contribution in [2.75, 3.05) is 6.54 Å². The molecule has 0 spiro atoms. The Morgan fingerprint density at radius 2 is 2.09 bits per heavy atom. The van der Waals surface area contributed by atoms with E-state index in [0.717, 1.165) is 0 Å². The molecule has 1 unspecified atom stereocenters. The predicted octanol–water partition coefficient (Wildman–Crippen LogP) is 2.25. The molecule has 1 fully saturated rings. The molecule has 0 saturated carbocycles. The molecule has 1 aliphatic rings. The van der Waals surface area contributed by atoms with E-state index in [-0.39, 0.29) is 12.0 Å². The van der Waals surface area contributed by atoms with E-state index < -0.39 is 18.2 Å². The fourth-order valence-corrected chi connectivity index (χ4v) is 2.51. The number of carboxylic acid groups (broad SMARTS) is 1. The summed E-state index contributed by atoms with van der Waals surface area (Å²) in [5.41, 5.74) is 0. The van der Waals surface area contributed by atoms with Crippen LogP contribution in [-0.4, -0.2) is 41.8 Å². The van der Waals surface area contributed by atoms with Gasteiger partial charge in [-0.25, -0.2) is 4.79 Å². The van der Waals surface area contributed by atoms with E-state index in [2.05, 4.69) is 5.32 Å². The zero-order valence-corrected chi connectivity index (χ0v) is 13.6. The molecule has 1 saturated heterocycles. The van der Waals surface area contributed by atoms with Crippen LogP contribution < -0.4 is 10.1 Å². The lowest BCUT2D eigenvalue weighted by molar-refractivity contribution is -0.151. The molecule has 3 atom stereocenters. The third-order valence-electron chi connectivity index (χ3n) is 3.68. The molecule has 2 rings (SSSR count). The van der Waals surface area contributed by atoms with Crippen molar-refractivity contribution < 1.29 is 24.2 Å². The van der Waals surface area contributed by atoms with Crippen molar-refractivity contribution in [1.82, 2.24) is 5.32 Å². The summed E-state index contributed by atoms with van der Waals surface area (Å²) in [6.07, 6.45) is -0.392. The Hall–Kier alpha value is -1.79. The summed E-state index contributed by atoms with van der Waals surface area (Å²) in [7, 11) is 0. The van der Waals surface area contributed by atoms with Crippen LogP contribution in [0.2, 0.25) is 5.02 Å². The van der Waals surface area contributed by atoms with Crippen LogP contribution in [0.1, 0.15) is 26.2 Å². The normalized spacial score (nSPS) is 21.7. The quantitative estimate of drug-likeness (QED) is 0.794. The fourth-order valence-electron chi connectivity index (χ4n) is 2.33. The minimum atomic E-state index is -1.03. The van der Waals surface area contributed by atoms with Crippen LogP contribution in [0.5, 0.6) is 5.75 Å². The molecule has 0 radical (unpaired) electrons. The molecular formula is C16H20ClNO5. The molecule has 0 aliphatic carbocycles. The van der Waals surface area contributed by atoms with E-state index in [4.69, 9.17) is 26.2 Å². The zero-order valence-electron chi connectivity index (χ0n) is 12.8. The number of nitrogens with one attached hydrogen (secondary N) is 1. The number of aliphatic carboxylic acids is 1. The summed E-state index contributed by atoms with van der Waals surface area (Å²) in [5, 5.41) is 12.1. The van der Waals surface area contributed by atoms with Crippen LogP contribution in [0, 0.1) is 0 Å². The van der Waals surface area contributed by atoms with E-state index in [1.807, 2.05) is 19.1 Å². The maximum absolute atomic E-state index is 12.0. The molecule has 1 aliphatic heterocycles. The van der Waals surface area contributed by atoms with Crippen molar-refractivity contribution in [3.63, 3.8) is 0 Å². The largest absolute Gasteiger partial charge is 0.487 e. The third-order valence-corrected chi connectivity index (χ3v) is 3.99. The minimum absolute atomic E-state index is 0.226. The molecule has 0 aromatic heterocycles. The van der Waals surface area contributed by atoms with Gasteiger partial charge in [-0.15, -0.1) is 0 Å². The van der Waals surface area contributed by atoms with Gasteiger partial charge in [-0.05, 0) is 31.4 Å². The first-order valence-electron chi connectivity index (χ1n) is 7.58. The highest BCUT2D eigenvalue weighted by atomic mass is 35.5. The molecule has 23 heavy (non-hydrogen) atoms. The van der Waals surface area contributed by atoms with Crippen LogP contribution in [0.4, 0.5) is 0 Å². The van der Waals surface area contributed by atoms with Gasteiger partial charge in [0.1, 0.15) is 18.0 Å². The van der Waals surface area contributed by atoms with Gasteiger partial charge in [0.05, 0.1) is 11.6 Å².